The van der Waals surface area contributed by atoms with Gasteiger partial charge in [0.25, 0.3) is 0 Å². The van der Waals surface area contributed by atoms with Gasteiger partial charge >= 0.3 is 0 Å². The van der Waals surface area contributed by atoms with Crippen LogP contribution in [0.5, 0.6) is 0 Å². The lowest BCUT2D eigenvalue weighted by Crippen LogP contribution is -2.28. The maximum Gasteiger partial charge on any atom is 0.227 e. The van der Waals surface area contributed by atoms with E-state index in [-0.39, 0.29) is 12.0 Å². The Morgan fingerprint density at radius 3 is 2.96 bits per heavy atom. The molecule has 6 nitrogen and oxygen atoms in total. The molecule has 0 amide bonds. The molecule has 0 saturated carbocycles. The van der Waals surface area contributed by atoms with Crippen LogP contribution in [-0.4, -0.2) is 33.2 Å². The fourth-order valence-electron chi connectivity index (χ4n) is 3.01. The van der Waals surface area contributed by atoms with Crippen LogP contribution in [0.3, 0.4) is 0 Å². The summed E-state index contributed by atoms with van der Waals surface area (Å²) >= 11 is 6.09. The molecule has 0 bridgehead atoms. The summed E-state index contributed by atoms with van der Waals surface area (Å²) in [5.41, 5.74) is 2.40. The molecule has 138 valence electrons. The van der Waals surface area contributed by atoms with Crippen LogP contribution in [0.25, 0.3) is 11.3 Å². The third-order valence-electron chi connectivity index (χ3n) is 4.66. The number of aliphatic hydroxyl groups is 1. The van der Waals surface area contributed by atoms with Crippen molar-refractivity contribution in [2.24, 2.45) is 0 Å². The maximum absolute atomic E-state index is 13.5. The summed E-state index contributed by atoms with van der Waals surface area (Å²) < 4.78 is 13.5. The Kier molecular flexibility index (Phi) is 4.41. The molecule has 0 saturated heterocycles. The van der Waals surface area contributed by atoms with Gasteiger partial charge in [0, 0.05) is 35.5 Å². The fraction of sp³-hybridized carbons (Fsp3) is 0.211. The predicted octanol–water partition coefficient (Wildman–Crippen LogP) is 3.75. The van der Waals surface area contributed by atoms with Gasteiger partial charge in [0.1, 0.15) is 11.6 Å². The van der Waals surface area contributed by atoms with Crippen LogP contribution < -0.4 is 10.6 Å². The number of anilines is 3. The van der Waals surface area contributed by atoms with Crippen LogP contribution in [0.4, 0.5) is 21.8 Å². The van der Waals surface area contributed by atoms with E-state index in [4.69, 9.17) is 11.6 Å². The Balaban J connectivity index is 1.67. The van der Waals surface area contributed by atoms with Crippen molar-refractivity contribution in [2.75, 3.05) is 23.8 Å². The zero-order valence-corrected chi connectivity index (χ0v) is 15.3. The molecule has 1 aliphatic rings. The van der Waals surface area contributed by atoms with Gasteiger partial charge in [-0.3, -0.25) is 0 Å². The molecule has 2 aromatic heterocycles. The van der Waals surface area contributed by atoms with E-state index in [1.54, 1.807) is 18.5 Å². The van der Waals surface area contributed by atoms with Gasteiger partial charge in [-0.15, -0.1) is 0 Å². The molecule has 1 aromatic carbocycles. The summed E-state index contributed by atoms with van der Waals surface area (Å²) in [6, 6.07) is 7.78. The quantitative estimate of drug-likeness (QED) is 0.634. The number of hydrogen-bond acceptors (Lipinski definition) is 6. The number of benzene rings is 1. The Morgan fingerprint density at radius 1 is 1.30 bits per heavy atom. The molecule has 3 heterocycles. The summed E-state index contributed by atoms with van der Waals surface area (Å²) in [6.45, 7) is 2.63. The van der Waals surface area contributed by atoms with E-state index in [1.807, 2.05) is 13.0 Å². The average Bonchev–Trinajstić information content (AvgIpc) is 3.02. The van der Waals surface area contributed by atoms with Crippen LogP contribution in [0, 0.1) is 5.82 Å². The third kappa shape index (κ3) is 3.31. The second kappa shape index (κ2) is 6.75. The number of aliphatic hydroxyl groups excluding tert-OH is 1. The molecular weight excluding hydrogens is 369 g/mol. The first-order valence-electron chi connectivity index (χ1n) is 8.39. The van der Waals surface area contributed by atoms with Crippen molar-refractivity contribution in [1.82, 2.24) is 15.0 Å². The monoisotopic (exact) mass is 385 g/mol. The standard InChI is InChI=1S/C19H17ClFN5O/c1-19(10-27)9-24-17-13(19)6-11(8-23-17)15-4-5-22-18(25-15)26-16-7-12(21)2-3-14(16)20/h2-8,27H,9-10H2,1H3,(H,23,24)(H,22,25,26). The van der Waals surface area contributed by atoms with Gasteiger partial charge in [-0.1, -0.05) is 18.5 Å². The Bertz CT molecular complexity index is 1020. The number of rotatable bonds is 4. The van der Waals surface area contributed by atoms with E-state index >= 15 is 0 Å². The molecule has 8 heteroatoms. The van der Waals surface area contributed by atoms with Crippen molar-refractivity contribution in [2.45, 2.75) is 12.3 Å². The van der Waals surface area contributed by atoms with Crippen molar-refractivity contribution < 1.29 is 9.50 Å². The molecule has 3 N–H and O–H groups in total. The largest absolute Gasteiger partial charge is 0.395 e. The molecule has 3 aromatic rings. The van der Waals surface area contributed by atoms with E-state index in [2.05, 4.69) is 25.6 Å². The summed E-state index contributed by atoms with van der Waals surface area (Å²) in [7, 11) is 0. The number of pyridine rings is 1. The van der Waals surface area contributed by atoms with Gasteiger partial charge < -0.3 is 15.7 Å². The molecule has 4 rings (SSSR count). The van der Waals surface area contributed by atoms with E-state index in [1.165, 1.54) is 18.2 Å². The average molecular weight is 386 g/mol. The number of fused-ring (bicyclic) bond motifs is 1. The molecule has 27 heavy (non-hydrogen) atoms. The fourth-order valence-corrected chi connectivity index (χ4v) is 3.18. The molecule has 0 spiro atoms. The Labute approximate surface area is 160 Å². The van der Waals surface area contributed by atoms with Gasteiger partial charge in [0.05, 0.1) is 23.0 Å². The van der Waals surface area contributed by atoms with Gasteiger partial charge in [0.2, 0.25) is 5.95 Å². The van der Waals surface area contributed by atoms with Gasteiger partial charge in [0.15, 0.2) is 0 Å². The molecule has 0 aliphatic carbocycles. The van der Waals surface area contributed by atoms with Crippen LogP contribution in [-0.2, 0) is 5.41 Å². The number of nitrogens with one attached hydrogen (secondary N) is 2. The lowest BCUT2D eigenvalue weighted by molar-refractivity contribution is 0.218. The lowest BCUT2D eigenvalue weighted by Gasteiger charge is -2.20. The predicted molar refractivity (Wildman–Crippen MR) is 103 cm³/mol. The zero-order chi connectivity index (χ0) is 19.0. The summed E-state index contributed by atoms with van der Waals surface area (Å²) in [6.07, 6.45) is 3.32. The summed E-state index contributed by atoms with van der Waals surface area (Å²) in [5, 5.41) is 16.3. The smallest absolute Gasteiger partial charge is 0.227 e. The van der Waals surface area contributed by atoms with E-state index in [0.717, 1.165) is 16.9 Å². The molecule has 1 unspecified atom stereocenters. The topological polar surface area (TPSA) is 83.0 Å². The highest BCUT2D eigenvalue weighted by atomic mass is 35.5. The van der Waals surface area contributed by atoms with Gasteiger partial charge in [-0.2, -0.15) is 0 Å². The van der Waals surface area contributed by atoms with Crippen LogP contribution in [0.15, 0.2) is 42.7 Å². The normalized spacial score (nSPS) is 18.1. The number of hydrogen-bond donors (Lipinski definition) is 3. The van der Waals surface area contributed by atoms with E-state index in [0.29, 0.717) is 28.9 Å². The highest BCUT2D eigenvalue weighted by molar-refractivity contribution is 6.33. The van der Waals surface area contributed by atoms with Gasteiger partial charge in [-0.05, 0) is 30.3 Å². The number of halogens is 2. The highest BCUT2D eigenvalue weighted by Gasteiger charge is 2.35. The van der Waals surface area contributed by atoms with Crippen molar-refractivity contribution in [3.8, 4) is 11.3 Å². The Hall–Kier alpha value is -2.77. The van der Waals surface area contributed by atoms with Crippen molar-refractivity contribution in [1.29, 1.82) is 0 Å². The SMILES string of the molecule is CC1(CO)CNc2ncc(-c3ccnc(Nc4cc(F)ccc4Cl)n3)cc21. The van der Waals surface area contributed by atoms with Crippen molar-refractivity contribution >= 4 is 29.1 Å². The lowest BCUT2D eigenvalue weighted by atomic mass is 9.85. The van der Waals surface area contributed by atoms with Gasteiger partial charge in [-0.25, -0.2) is 19.3 Å². The Morgan fingerprint density at radius 2 is 2.15 bits per heavy atom. The highest BCUT2D eigenvalue weighted by Crippen LogP contribution is 2.37. The molecular formula is C19H17ClFN5O. The first-order valence-corrected chi connectivity index (χ1v) is 8.77. The van der Waals surface area contributed by atoms with E-state index in [9.17, 15) is 9.50 Å². The first kappa shape index (κ1) is 17.6. The first-order chi connectivity index (χ1) is 13.0. The zero-order valence-electron chi connectivity index (χ0n) is 14.5. The summed E-state index contributed by atoms with van der Waals surface area (Å²) in [4.78, 5) is 13.1. The molecule has 1 atom stereocenters. The van der Waals surface area contributed by atoms with Crippen molar-refractivity contribution in [3.63, 3.8) is 0 Å². The van der Waals surface area contributed by atoms with E-state index < -0.39 is 5.82 Å². The molecule has 0 fully saturated rings. The van der Waals surface area contributed by atoms with Crippen LogP contribution in [0.1, 0.15) is 12.5 Å². The molecule has 1 aliphatic heterocycles. The minimum absolute atomic E-state index is 0.0206. The minimum atomic E-state index is -0.406. The second-order valence-corrected chi connectivity index (χ2v) is 7.11. The minimum Gasteiger partial charge on any atom is -0.395 e. The maximum atomic E-state index is 13.5. The number of nitrogens with zero attached hydrogens (tertiary/aromatic N) is 3. The number of aromatic nitrogens is 3. The van der Waals surface area contributed by atoms with Crippen molar-refractivity contribution in [3.05, 3.63) is 59.1 Å². The van der Waals surface area contributed by atoms with Crippen LogP contribution in [0.2, 0.25) is 5.02 Å². The third-order valence-corrected chi connectivity index (χ3v) is 4.99. The summed E-state index contributed by atoms with van der Waals surface area (Å²) in [5.74, 6) is 0.662. The second-order valence-electron chi connectivity index (χ2n) is 6.71. The molecule has 0 radical (unpaired) electrons. The van der Waals surface area contributed by atoms with Crippen LogP contribution >= 0.6 is 11.6 Å².